The van der Waals surface area contributed by atoms with Gasteiger partial charge in [-0.2, -0.15) is 5.10 Å². The van der Waals surface area contributed by atoms with Crippen molar-refractivity contribution in [2.24, 2.45) is 0 Å². The SMILES string of the molecule is Nc1nc(-c2ccco2)nc2[nH]ncc12. The van der Waals surface area contributed by atoms with E-state index in [1.165, 1.54) is 0 Å². The van der Waals surface area contributed by atoms with Crippen LogP contribution >= 0.6 is 0 Å². The molecule has 0 radical (unpaired) electrons. The van der Waals surface area contributed by atoms with E-state index in [-0.39, 0.29) is 0 Å². The minimum atomic E-state index is 0.389. The van der Waals surface area contributed by atoms with Gasteiger partial charge in [-0.25, -0.2) is 9.97 Å². The Bertz CT molecular complexity index is 598. The second-order valence-electron chi connectivity index (χ2n) is 3.04. The number of nitrogens with two attached hydrogens (primary N) is 1. The highest BCUT2D eigenvalue weighted by atomic mass is 16.3. The zero-order valence-corrected chi connectivity index (χ0v) is 7.64. The van der Waals surface area contributed by atoms with Crippen molar-refractivity contribution in [2.45, 2.75) is 0 Å². The summed E-state index contributed by atoms with van der Waals surface area (Å²) in [4.78, 5) is 8.36. The molecule has 3 N–H and O–H groups in total. The lowest BCUT2D eigenvalue weighted by Gasteiger charge is -1.98. The maximum atomic E-state index is 5.75. The summed E-state index contributed by atoms with van der Waals surface area (Å²) in [5.41, 5.74) is 6.36. The highest BCUT2D eigenvalue weighted by Crippen LogP contribution is 2.21. The fourth-order valence-electron chi connectivity index (χ4n) is 1.37. The molecule has 74 valence electrons. The predicted octanol–water partition coefficient (Wildman–Crippen LogP) is 1.20. The van der Waals surface area contributed by atoms with E-state index in [0.717, 1.165) is 0 Å². The molecule has 0 saturated heterocycles. The van der Waals surface area contributed by atoms with Gasteiger partial charge in [-0.15, -0.1) is 0 Å². The van der Waals surface area contributed by atoms with Crippen molar-refractivity contribution >= 4 is 16.9 Å². The van der Waals surface area contributed by atoms with Gasteiger partial charge in [-0.05, 0) is 12.1 Å². The standard InChI is InChI=1S/C9H7N5O/c10-7-5-4-11-14-8(5)13-9(12-7)6-2-1-3-15-6/h1-4H,(H3,10,11,12,13,14). The van der Waals surface area contributed by atoms with Crippen LogP contribution in [-0.4, -0.2) is 20.2 Å². The Kier molecular flexibility index (Phi) is 1.49. The second kappa shape index (κ2) is 2.81. The van der Waals surface area contributed by atoms with E-state index in [4.69, 9.17) is 10.2 Å². The number of fused-ring (bicyclic) bond motifs is 1. The van der Waals surface area contributed by atoms with Crippen LogP contribution in [-0.2, 0) is 0 Å². The molecule has 0 aliphatic heterocycles. The van der Waals surface area contributed by atoms with Crippen LogP contribution in [0.5, 0.6) is 0 Å². The number of H-pyrrole nitrogens is 1. The van der Waals surface area contributed by atoms with E-state index in [1.54, 1.807) is 24.6 Å². The van der Waals surface area contributed by atoms with E-state index >= 15 is 0 Å². The first-order valence-electron chi connectivity index (χ1n) is 4.35. The Morgan fingerprint density at radius 3 is 3.07 bits per heavy atom. The maximum absolute atomic E-state index is 5.75. The Morgan fingerprint density at radius 2 is 2.27 bits per heavy atom. The molecule has 0 bridgehead atoms. The van der Waals surface area contributed by atoms with Gasteiger partial charge in [0, 0.05) is 0 Å². The summed E-state index contributed by atoms with van der Waals surface area (Å²) in [6.45, 7) is 0. The lowest BCUT2D eigenvalue weighted by atomic mass is 10.3. The van der Waals surface area contributed by atoms with E-state index in [0.29, 0.717) is 28.4 Å². The molecule has 6 heteroatoms. The molecular formula is C9H7N5O. The van der Waals surface area contributed by atoms with E-state index in [1.807, 2.05) is 0 Å². The number of aromatic amines is 1. The molecule has 0 amide bonds. The monoisotopic (exact) mass is 201 g/mol. The minimum absolute atomic E-state index is 0.389. The van der Waals surface area contributed by atoms with Crippen LogP contribution in [0.4, 0.5) is 5.82 Å². The quantitative estimate of drug-likeness (QED) is 0.616. The molecule has 15 heavy (non-hydrogen) atoms. The molecular weight excluding hydrogens is 194 g/mol. The van der Waals surface area contributed by atoms with Gasteiger partial charge in [0.1, 0.15) is 5.82 Å². The Hall–Kier alpha value is -2.37. The fraction of sp³-hybridized carbons (Fsp3) is 0. The molecule has 0 aliphatic rings. The van der Waals surface area contributed by atoms with Crippen LogP contribution in [0.15, 0.2) is 29.0 Å². The van der Waals surface area contributed by atoms with Crippen molar-refractivity contribution < 1.29 is 4.42 Å². The van der Waals surface area contributed by atoms with Crippen LogP contribution in [0.1, 0.15) is 0 Å². The Morgan fingerprint density at radius 1 is 1.33 bits per heavy atom. The second-order valence-corrected chi connectivity index (χ2v) is 3.04. The number of aromatic nitrogens is 4. The van der Waals surface area contributed by atoms with Crippen molar-refractivity contribution in [3.05, 3.63) is 24.6 Å². The summed E-state index contributed by atoms with van der Waals surface area (Å²) in [5, 5.41) is 7.30. The molecule has 3 rings (SSSR count). The topological polar surface area (TPSA) is 93.6 Å². The fourth-order valence-corrected chi connectivity index (χ4v) is 1.37. The van der Waals surface area contributed by atoms with Gasteiger partial charge in [0.25, 0.3) is 0 Å². The molecule has 3 heterocycles. The molecule has 3 aromatic rings. The van der Waals surface area contributed by atoms with Gasteiger partial charge < -0.3 is 10.2 Å². The largest absolute Gasteiger partial charge is 0.461 e. The minimum Gasteiger partial charge on any atom is -0.461 e. The maximum Gasteiger partial charge on any atom is 0.199 e. The number of nitrogens with zero attached hydrogens (tertiary/aromatic N) is 3. The molecule has 0 atom stereocenters. The van der Waals surface area contributed by atoms with Crippen LogP contribution < -0.4 is 5.73 Å². The first-order valence-corrected chi connectivity index (χ1v) is 4.35. The van der Waals surface area contributed by atoms with Crippen LogP contribution in [0.2, 0.25) is 0 Å². The number of nitrogen functional groups attached to an aromatic ring is 1. The molecule has 0 spiro atoms. The average molecular weight is 201 g/mol. The third-order valence-electron chi connectivity index (χ3n) is 2.08. The third kappa shape index (κ3) is 1.15. The molecule has 6 nitrogen and oxygen atoms in total. The molecule has 0 aliphatic carbocycles. The molecule has 3 aromatic heterocycles. The number of hydrogen-bond donors (Lipinski definition) is 2. The average Bonchev–Trinajstić information content (AvgIpc) is 2.88. The molecule has 0 unspecified atom stereocenters. The predicted molar refractivity (Wildman–Crippen MR) is 53.8 cm³/mol. The summed E-state index contributed by atoms with van der Waals surface area (Å²) in [6.07, 6.45) is 3.16. The van der Waals surface area contributed by atoms with Crippen molar-refractivity contribution in [1.29, 1.82) is 0 Å². The highest BCUT2D eigenvalue weighted by Gasteiger charge is 2.09. The molecule has 0 saturated carbocycles. The van der Waals surface area contributed by atoms with Gasteiger partial charge in [-0.1, -0.05) is 0 Å². The van der Waals surface area contributed by atoms with E-state index < -0.39 is 0 Å². The van der Waals surface area contributed by atoms with E-state index in [9.17, 15) is 0 Å². The lowest BCUT2D eigenvalue weighted by Crippen LogP contribution is -1.96. The zero-order chi connectivity index (χ0) is 10.3. The normalized spacial score (nSPS) is 10.9. The Labute approximate surface area is 84.1 Å². The molecule has 0 fully saturated rings. The van der Waals surface area contributed by atoms with E-state index in [2.05, 4.69) is 20.2 Å². The van der Waals surface area contributed by atoms with Crippen LogP contribution in [0.25, 0.3) is 22.6 Å². The highest BCUT2D eigenvalue weighted by molar-refractivity contribution is 5.85. The Balaban J connectivity index is 2.29. The van der Waals surface area contributed by atoms with Gasteiger partial charge >= 0.3 is 0 Å². The van der Waals surface area contributed by atoms with Gasteiger partial charge in [-0.3, -0.25) is 5.10 Å². The number of nitrogens with one attached hydrogen (secondary N) is 1. The number of anilines is 1. The third-order valence-corrected chi connectivity index (χ3v) is 2.08. The number of rotatable bonds is 1. The van der Waals surface area contributed by atoms with Gasteiger partial charge in [0.15, 0.2) is 17.2 Å². The first-order chi connectivity index (χ1) is 7.34. The smallest absolute Gasteiger partial charge is 0.199 e. The van der Waals surface area contributed by atoms with Crippen molar-refractivity contribution in [3.63, 3.8) is 0 Å². The summed E-state index contributed by atoms with van der Waals surface area (Å²) in [5.74, 6) is 1.42. The van der Waals surface area contributed by atoms with Gasteiger partial charge in [0.05, 0.1) is 17.8 Å². The van der Waals surface area contributed by atoms with Crippen LogP contribution in [0, 0.1) is 0 Å². The summed E-state index contributed by atoms with van der Waals surface area (Å²) >= 11 is 0. The molecule has 0 aromatic carbocycles. The zero-order valence-electron chi connectivity index (χ0n) is 7.64. The first kappa shape index (κ1) is 7.98. The summed E-state index contributed by atoms with van der Waals surface area (Å²) in [7, 11) is 0. The number of furan rings is 1. The van der Waals surface area contributed by atoms with Crippen molar-refractivity contribution in [2.75, 3.05) is 5.73 Å². The van der Waals surface area contributed by atoms with Crippen LogP contribution in [0.3, 0.4) is 0 Å². The van der Waals surface area contributed by atoms with Crippen molar-refractivity contribution in [3.8, 4) is 11.6 Å². The number of hydrogen-bond acceptors (Lipinski definition) is 5. The van der Waals surface area contributed by atoms with Crippen molar-refractivity contribution in [1.82, 2.24) is 20.2 Å². The summed E-state index contributed by atoms with van der Waals surface area (Å²) < 4.78 is 5.19. The summed E-state index contributed by atoms with van der Waals surface area (Å²) in [6, 6.07) is 3.54. The van der Waals surface area contributed by atoms with Gasteiger partial charge in [0.2, 0.25) is 0 Å². The lowest BCUT2D eigenvalue weighted by molar-refractivity contribution is 0.577.